The molecule has 0 aliphatic carbocycles. The highest BCUT2D eigenvalue weighted by Crippen LogP contribution is 2.56. The zero-order valence-corrected chi connectivity index (χ0v) is 32.6. The highest BCUT2D eigenvalue weighted by atomic mass is 16.6. The van der Waals surface area contributed by atoms with Gasteiger partial charge in [0, 0.05) is 76.1 Å². The van der Waals surface area contributed by atoms with Crippen LogP contribution in [0.1, 0.15) is 102 Å². The van der Waals surface area contributed by atoms with Gasteiger partial charge in [-0.3, -0.25) is 4.57 Å². The summed E-state index contributed by atoms with van der Waals surface area (Å²) in [7, 11) is 7.65. The normalized spacial score (nSPS) is 25.7. The zero-order chi connectivity index (χ0) is 35.6. The first-order valence-corrected chi connectivity index (χ1v) is 17.0. The van der Waals surface area contributed by atoms with Crippen molar-refractivity contribution in [3.05, 3.63) is 40.6 Å². The van der Waals surface area contributed by atoms with Gasteiger partial charge in [-0.05, 0) is 11.9 Å². The SMILES string of the molecule is COCC1OC([n+]2c(C)n(C)c3c(C)[n+](C)c(C)nc32)C(C)(C)C1(C)C.COCC1OC([n+]2cc(C)c(C)nc2C)C(C)(C)C1(C)C. The fourth-order valence-electron chi connectivity index (χ4n) is 7.24. The van der Waals surface area contributed by atoms with Crippen LogP contribution in [0.3, 0.4) is 0 Å². The van der Waals surface area contributed by atoms with E-state index in [1.54, 1.807) is 14.2 Å². The molecule has 3 aromatic rings. The van der Waals surface area contributed by atoms with Gasteiger partial charge in [-0.15, -0.1) is 0 Å². The molecule has 0 amide bonds. The van der Waals surface area contributed by atoms with E-state index in [9.17, 15) is 0 Å². The summed E-state index contributed by atoms with van der Waals surface area (Å²) in [5.74, 6) is 3.14. The van der Waals surface area contributed by atoms with Crippen molar-refractivity contribution in [2.24, 2.45) is 35.8 Å². The molecule has 262 valence electrons. The first-order valence-electron chi connectivity index (χ1n) is 17.0. The lowest BCUT2D eigenvalue weighted by Crippen LogP contribution is -2.51. The van der Waals surface area contributed by atoms with E-state index in [-0.39, 0.29) is 46.3 Å². The maximum Gasteiger partial charge on any atom is 0.348 e. The largest absolute Gasteiger partial charge is 0.382 e. The second-order valence-electron chi connectivity index (χ2n) is 16.2. The molecule has 0 bridgehead atoms. The Morgan fingerprint density at radius 1 is 0.745 bits per heavy atom. The summed E-state index contributed by atoms with van der Waals surface area (Å²) in [6.45, 7) is 32.0. The van der Waals surface area contributed by atoms with Crippen LogP contribution < -0.4 is 13.7 Å². The molecule has 0 aromatic carbocycles. The van der Waals surface area contributed by atoms with Crippen molar-refractivity contribution in [2.75, 3.05) is 27.4 Å². The average molecular weight is 656 g/mol. The summed E-state index contributed by atoms with van der Waals surface area (Å²) in [5.41, 5.74) is 5.51. The summed E-state index contributed by atoms with van der Waals surface area (Å²) in [5, 5.41) is 0. The lowest BCUT2D eigenvalue weighted by Gasteiger charge is -2.37. The van der Waals surface area contributed by atoms with Gasteiger partial charge in [0.1, 0.15) is 11.9 Å². The van der Waals surface area contributed by atoms with Crippen LogP contribution in [0.15, 0.2) is 6.20 Å². The monoisotopic (exact) mass is 655 g/mol. The number of nitrogens with zero attached hydrogens (tertiary/aromatic N) is 6. The van der Waals surface area contributed by atoms with Crippen LogP contribution in [0, 0.1) is 63.2 Å². The molecular formula is C37H63N6O4+3. The van der Waals surface area contributed by atoms with E-state index in [2.05, 4.69) is 127 Å². The van der Waals surface area contributed by atoms with Crippen molar-refractivity contribution in [1.29, 1.82) is 0 Å². The molecule has 0 saturated carbocycles. The Morgan fingerprint density at radius 3 is 1.74 bits per heavy atom. The lowest BCUT2D eigenvalue weighted by atomic mass is 9.66. The number of hydrogen-bond donors (Lipinski definition) is 0. The van der Waals surface area contributed by atoms with E-state index in [4.69, 9.17) is 23.9 Å². The number of rotatable bonds is 6. The summed E-state index contributed by atoms with van der Waals surface area (Å²) in [6.07, 6.45) is 2.16. The van der Waals surface area contributed by atoms with Crippen molar-refractivity contribution in [3.8, 4) is 0 Å². The minimum Gasteiger partial charge on any atom is -0.382 e. The van der Waals surface area contributed by atoms with E-state index in [1.165, 1.54) is 11.3 Å². The third-order valence-electron chi connectivity index (χ3n) is 12.7. The Morgan fingerprint density at radius 2 is 1.23 bits per heavy atom. The van der Waals surface area contributed by atoms with E-state index in [0.717, 1.165) is 34.3 Å². The Balaban J connectivity index is 0.000000218. The van der Waals surface area contributed by atoms with Gasteiger partial charge in [0.2, 0.25) is 17.6 Å². The Kier molecular flexibility index (Phi) is 10.1. The lowest BCUT2D eigenvalue weighted by molar-refractivity contribution is -0.779. The smallest absolute Gasteiger partial charge is 0.348 e. The quantitative estimate of drug-likeness (QED) is 0.344. The topological polar surface area (TPSA) is 79.3 Å². The number of ether oxygens (including phenoxy) is 4. The number of hydrogen-bond acceptors (Lipinski definition) is 6. The summed E-state index contributed by atoms with van der Waals surface area (Å²) < 4.78 is 32.7. The molecule has 5 heterocycles. The molecule has 5 rings (SSSR count). The Labute approximate surface area is 283 Å². The molecule has 0 spiro atoms. The minimum absolute atomic E-state index is 0.0188. The predicted octanol–water partition coefficient (Wildman–Crippen LogP) is 5.10. The molecule has 10 nitrogen and oxygen atoms in total. The third kappa shape index (κ3) is 5.81. The molecule has 4 atom stereocenters. The van der Waals surface area contributed by atoms with Gasteiger partial charge in [-0.25, -0.2) is 9.13 Å². The van der Waals surface area contributed by atoms with Crippen LogP contribution >= 0.6 is 0 Å². The summed E-state index contributed by atoms with van der Waals surface area (Å²) in [6, 6.07) is 0. The van der Waals surface area contributed by atoms with Gasteiger partial charge in [0.05, 0.1) is 39.5 Å². The van der Waals surface area contributed by atoms with Crippen LogP contribution in [0.4, 0.5) is 0 Å². The van der Waals surface area contributed by atoms with E-state index in [1.807, 2.05) is 13.8 Å². The molecule has 0 radical (unpaired) electrons. The van der Waals surface area contributed by atoms with Crippen LogP contribution in [0.25, 0.3) is 11.2 Å². The van der Waals surface area contributed by atoms with E-state index in [0.29, 0.717) is 13.2 Å². The van der Waals surface area contributed by atoms with Gasteiger partial charge < -0.3 is 18.9 Å². The number of fused-ring (bicyclic) bond motifs is 1. The summed E-state index contributed by atoms with van der Waals surface area (Å²) >= 11 is 0. The van der Waals surface area contributed by atoms with Gasteiger partial charge in [0.15, 0.2) is 11.9 Å². The van der Waals surface area contributed by atoms with Gasteiger partial charge in [-0.2, -0.15) is 4.57 Å². The number of imidazole rings is 1. The van der Waals surface area contributed by atoms with Crippen molar-refractivity contribution in [2.45, 2.75) is 122 Å². The standard InChI is InChI=1S/C20H34N4O2.C17H29N2O2/c1-12-16-17(21-13(2)22(12)8)24(14(3)23(16)9)18-20(6,7)19(4,5)15(26-18)11-25-10;1-11-9-19(13(3)18-12(11)2)15-17(6,7)16(4,5)14(21-15)10-20-8/h15,18H,11H2,1-10H3;9,14-15H,10H2,1-8H3/q+2;+1. The van der Waals surface area contributed by atoms with Crippen LogP contribution in [-0.2, 0) is 33.0 Å². The maximum absolute atomic E-state index is 6.61. The average Bonchev–Trinajstić information content (AvgIpc) is 3.39. The van der Waals surface area contributed by atoms with Gasteiger partial charge in [0.25, 0.3) is 11.6 Å². The molecule has 2 saturated heterocycles. The molecule has 2 aliphatic rings. The number of aromatic nitrogens is 6. The molecular weight excluding hydrogens is 592 g/mol. The van der Waals surface area contributed by atoms with Gasteiger partial charge >= 0.3 is 5.65 Å². The van der Waals surface area contributed by atoms with E-state index >= 15 is 0 Å². The fourth-order valence-corrected chi connectivity index (χ4v) is 7.24. The maximum atomic E-state index is 6.61. The Hall–Kier alpha value is -2.53. The van der Waals surface area contributed by atoms with Crippen LogP contribution in [0.2, 0.25) is 0 Å². The molecule has 47 heavy (non-hydrogen) atoms. The van der Waals surface area contributed by atoms with Crippen LogP contribution in [0.5, 0.6) is 0 Å². The first-order chi connectivity index (χ1) is 21.6. The number of methoxy groups -OCH3 is 2. The van der Waals surface area contributed by atoms with Crippen molar-refractivity contribution >= 4 is 11.2 Å². The molecule has 0 N–H and O–H groups in total. The zero-order valence-electron chi connectivity index (χ0n) is 32.6. The van der Waals surface area contributed by atoms with Crippen molar-refractivity contribution in [1.82, 2.24) is 14.5 Å². The Bertz CT molecular complexity index is 1640. The molecule has 4 unspecified atom stereocenters. The second kappa shape index (κ2) is 12.7. The number of aryl methyl sites for hydroxylation is 6. The highest BCUT2D eigenvalue weighted by Gasteiger charge is 2.60. The molecule has 2 fully saturated rings. The third-order valence-corrected chi connectivity index (χ3v) is 12.7. The molecule has 2 aliphatic heterocycles. The van der Waals surface area contributed by atoms with Crippen molar-refractivity contribution < 1.29 is 32.6 Å². The predicted molar refractivity (Wildman–Crippen MR) is 182 cm³/mol. The minimum atomic E-state index is -0.0969. The fraction of sp³-hybridized carbons (Fsp3) is 0.757. The highest BCUT2D eigenvalue weighted by molar-refractivity contribution is 5.69. The van der Waals surface area contributed by atoms with Gasteiger partial charge in [-0.1, -0.05) is 60.4 Å². The van der Waals surface area contributed by atoms with Crippen molar-refractivity contribution in [3.63, 3.8) is 0 Å². The van der Waals surface area contributed by atoms with Crippen LogP contribution in [-0.4, -0.2) is 54.2 Å². The summed E-state index contributed by atoms with van der Waals surface area (Å²) in [4.78, 5) is 9.59. The molecule has 3 aromatic heterocycles. The molecule has 10 heteroatoms. The van der Waals surface area contributed by atoms with E-state index < -0.39 is 0 Å². The first kappa shape index (κ1) is 37.3. The second-order valence-corrected chi connectivity index (χ2v) is 16.2.